The van der Waals surface area contributed by atoms with Gasteiger partial charge in [0.25, 0.3) is 0 Å². The van der Waals surface area contributed by atoms with Gasteiger partial charge in [0.1, 0.15) is 0 Å². The van der Waals surface area contributed by atoms with Crippen LogP contribution in [0.3, 0.4) is 0 Å². The molecule has 0 radical (unpaired) electrons. The van der Waals surface area contributed by atoms with Gasteiger partial charge in [-0.25, -0.2) is 0 Å². The molecule has 0 spiro atoms. The summed E-state index contributed by atoms with van der Waals surface area (Å²) in [6.07, 6.45) is 4.09. The number of carbonyl (C=O) groups is 1. The van der Waals surface area contributed by atoms with Gasteiger partial charge < -0.3 is 10.1 Å². The van der Waals surface area contributed by atoms with E-state index in [9.17, 15) is 4.79 Å². The van der Waals surface area contributed by atoms with Crippen LogP contribution >= 0.6 is 0 Å². The molecule has 1 rings (SSSR count). The largest absolute Gasteiger partial charge is 0.466 e. The van der Waals surface area contributed by atoms with Gasteiger partial charge >= 0.3 is 5.97 Å². The minimum atomic E-state index is -0.185. The van der Waals surface area contributed by atoms with Crippen molar-refractivity contribution in [3.8, 4) is 0 Å². The summed E-state index contributed by atoms with van der Waals surface area (Å²) in [5, 5.41) is 3.10. The number of benzene rings is 1. The van der Waals surface area contributed by atoms with Gasteiger partial charge in [0, 0.05) is 6.54 Å². The number of rotatable bonds is 6. The fraction of sp³-hybridized carbons (Fsp3) is 0.357. The Labute approximate surface area is 102 Å². The van der Waals surface area contributed by atoms with Gasteiger partial charge in [0.05, 0.1) is 13.0 Å². The van der Waals surface area contributed by atoms with Crippen molar-refractivity contribution in [2.45, 2.75) is 19.9 Å². The van der Waals surface area contributed by atoms with E-state index in [-0.39, 0.29) is 5.97 Å². The van der Waals surface area contributed by atoms with Crippen molar-refractivity contribution in [2.75, 3.05) is 13.7 Å². The van der Waals surface area contributed by atoms with Gasteiger partial charge in [-0.05, 0) is 25.1 Å². The first-order valence-corrected chi connectivity index (χ1v) is 5.82. The average molecular weight is 233 g/mol. The first-order chi connectivity index (χ1) is 8.26. The monoisotopic (exact) mass is 233 g/mol. The molecule has 3 heteroatoms. The summed E-state index contributed by atoms with van der Waals surface area (Å²) in [4.78, 5) is 11.1. The number of hydrogen-bond acceptors (Lipinski definition) is 3. The van der Waals surface area contributed by atoms with E-state index in [0.717, 1.165) is 12.1 Å². The minimum absolute atomic E-state index is 0.185. The highest BCUT2D eigenvalue weighted by atomic mass is 16.5. The quantitative estimate of drug-likeness (QED) is 0.767. The third-order valence-electron chi connectivity index (χ3n) is 2.23. The summed E-state index contributed by atoms with van der Waals surface area (Å²) < 4.78 is 4.84. The summed E-state index contributed by atoms with van der Waals surface area (Å²) in [7, 11) is 1.92. The highest BCUT2D eigenvalue weighted by molar-refractivity contribution is 5.72. The zero-order valence-corrected chi connectivity index (χ0v) is 10.4. The number of ether oxygens (including phenoxy) is 1. The third kappa shape index (κ3) is 5.31. The molecule has 0 saturated carbocycles. The van der Waals surface area contributed by atoms with Crippen LogP contribution in [0.15, 0.2) is 30.3 Å². The first kappa shape index (κ1) is 13.5. The second-order valence-corrected chi connectivity index (χ2v) is 3.69. The van der Waals surface area contributed by atoms with E-state index in [4.69, 9.17) is 4.74 Å². The number of hydrogen-bond donors (Lipinski definition) is 1. The molecule has 1 aromatic rings. The Morgan fingerprint density at radius 2 is 2.29 bits per heavy atom. The highest BCUT2D eigenvalue weighted by Gasteiger charge is 1.96. The summed E-state index contributed by atoms with van der Waals surface area (Å²) in [6, 6.07) is 8.19. The van der Waals surface area contributed by atoms with Crippen LogP contribution in [0.4, 0.5) is 0 Å². The van der Waals surface area contributed by atoms with E-state index in [1.165, 1.54) is 5.56 Å². The SMILES string of the molecule is CCOC(=O)CC=Cc1cccc(CNC)c1. The maximum Gasteiger partial charge on any atom is 0.309 e. The fourth-order valence-corrected chi connectivity index (χ4v) is 1.52. The lowest BCUT2D eigenvalue weighted by Gasteiger charge is -2.01. The molecule has 0 aromatic heterocycles. The van der Waals surface area contributed by atoms with Gasteiger partial charge in [0.15, 0.2) is 0 Å². The summed E-state index contributed by atoms with van der Waals surface area (Å²) in [6.45, 7) is 3.09. The molecule has 92 valence electrons. The van der Waals surface area contributed by atoms with E-state index in [1.54, 1.807) is 0 Å². The molecule has 1 aromatic carbocycles. The minimum Gasteiger partial charge on any atom is -0.466 e. The second kappa shape index (κ2) is 7.63. The van der Waals surface area contributed by atoms with Crippen molar-refractivity contribution >= 4 is 12.0 Å². The Kier molecular flexibility index (Phi) is 6.04. The lowest BCUT2D eigenvalue weighted by Crippen LogP contribution is -2.04. The molecule has 17 heavy (non-hydrogen) atoms. The molecule has 1 N–H and O–H groups in total. The fourth-order valence-electron chi connectivity index (χ4n) is 1.52. The van der Waals surface area contributed by atoms with Crippen LogP contribution in [0.25, 0.3) is 6.08 Å². The lowest BCUT2D eigenvalue weighted by atomic mass is 10.1. The van der Waals surface area contributed by atoms with Crippen molar-refractivity contribution in [3.05, 3.63) is 41.5 Å². The van der Waals surface area contributed by atoms with Crippen molar-refractivity contribution in [1.82, 2.24) is 5.32 Å². The smallest absolute Gasteiger partial charge is 0.309 e. The first-order valence-electron chi connectivity index (χ1n) is 5.82. The standard InChI is InChI=1S/C14H19NO2/c1-3-17-14(16)9-5-7-12-6-4-8-13(10-12)11-15-2/h4-8,10,15H,3,9,11H2,1-2H3. The van der Waals surface area contributed by atoms with Crippen LogP contribution in [-0.4, -0.2) is 19.6 Å². The molecule has 0 heterocycles. The van der Waals surface area contributed by atoms with E-state index >= 15 is 0 Å². The van der Waals surface area contributed by atoms with Crippen LogP contribution in [0, 0.1) is 0 Å². The Bertz CT molecular complexity index is 386. The molecule has 0 aliphatic carbocycles. The van der Waals surface area contributed by atoms with Crippen molar-refractivity contribution in [2.24, 2.45) is 0 Å². The Morgan fingerprint density at radius 1 is 1.47 bits per heavy atom. The second-order valence-electron chi connectivity index (χ2n) is 3.69. The summed E-state index contributed by atoms with van der Waals surface area (Å²) in [5.41, 5.74) is 2.33. The van der Waals surface area contributed by atoms with E-state index in [1.807, 2.05) is 38.3 Å². The molecular weight excluding hydrogens is 214 g/mol. The van der Waals surface area contributed by atoms with Crippen LogP contribution in [0.2, 0.25) is 0 Å². The summed E-state index contributed by atoms with van der Waals surface area (Å²) >= 11 is 0. The van der Waals surface area contributed by atoms with Crippen molar-refractivity contribution < 1.29 is 9.53 Å². The van der Waals surface area contributed by atoms with Gasteiger partial charge in [0.2, 0.25) is 0 Å². The third-order valence-corrected chi connectivity index (χ3v) is 2.23. The molecule has 0 aliphatic heterocycles. The predicted octanol–water partition coefficient (Wildman–Crippen LogP) is 2.37. The Balaban J connectivity index is 2.52. The molecular formula is C14H19NO2. The maximum atomic E-state index is 11.1. The zero-order chi connectivity index (χ0) is 12.5. The van der Waals surface area contributed by atoms with Crippen molar-refractivity contribution in [1.29, 1.82) is 0 Å². The van der Waals surface area contributed by atoms with Crippen molar-refractivity contribution in [3.63, 3.8) is 0 Å². The summed E-state index contributed by atoms with van der Waals surface area (Å²) in [5.74, 6) is -0.185. The Hall–Kier alpha value is -1.61. The van der Waals surface area contributed by atoms with Crippen LogP contribution in [0.1, 0.15) is 24.5 Å². The Morgan fingerprint density at radius 3 is 3.00 bits per heavy atom. The highest BCUT2D eigenvalue weighted by Crippen LogP contribution is 2.07. The predicted molar refractivity (Wildman–Crippen MR) is 69.5 cm³/mol. The van der Waals surface area contributed by atoms with Gasteiger partial charge in [-0.15, -0.1) is 0 Å². The number of carbonyl (C=O) groups excluding carboxylic acids is 1. The van der Waals surface area contributed by atoms with Crippen LogP contribution in [0.5, 0.6) is 0 Å². The topological polar surface area (TPSA) is 38.3 Å². The van der Waals surface area contributed by atoms with Crippen LogP contribution < -0.4 is 5.32 Å². The zero-order valence-electron chi connectivity index (χ0n) is 10.4. The molecule has 3 nitrogen and oxygen atoms in total. The molecule has 0 unspecified atom stereocenters. The number of nitrogens with one attached hydrogen (secondary N) is 1. The van der Waals surface area contributed by atoms with E-state index in [2.05, 4.69) is 17.4 Å². The maximum absolute atomic E-state index is 11.1. The molecule has 0 saturated heterocycles. The molecule has 0 aliphatic rings. The molecule has 0 amide bonds. The molecule has 0 atom stereocenters. The van der Waals surface area contributed by atoms with E-state index in [0.29, 0.717) is 13.0 Å². The van der Waals surface area contributed by atoms with Crippen LogP contribution in [-0.2, 0) is 16.1 Å². The van der Waals surface area contributed by atoms with Gasteiger partial charge in [-0.3, -0.25) is 4.79 Å². The lowest BCUT2D eigenvalue weighted by molar-refractivity contribution is -0.142. The van der Waals surface area contributed by atoms with E-state index < -0.39 is 0 Å². The average Bonchev–Trinajstić information content (AvgIpc) is 2.30. The molecule has 0 bridgehead atoms. The van der Waals surface area contributed by atoms with Gasteiger partial charge in [-0.2, -0.15) is 0 Å². The number of esters is 1. The molecule has 0 fully saturated rings. The van der Waals surface area contributed by atoms with Gasteiger partial charge in [-0.1, -0.05) is 36.4 Å². The normalized spacial score (nSPS) is 10.7.